The molecule has 2 aromatic carbocycles. The maximum Gasteiger partial charge on any atom is 0.416 e. The first-order valence-corrected chi connectivity index (χ1v) is 6.38. The van der Waals surface area contributed by atoms with E-state index in [2.05, 4.69) is 0 Å². The summed E-state index contributed by atoms with van der Waals surface area (Å²) in [5.74, 6) is -0.373. The second-order valence-corrected chi connectivity index (χ2v) is 4.74. The number of nitro benzene ring substituents is 2. The zero-order valence-corrected chi connectivity index (χ0v) is 12.0. The summed E-state index contributed by atoms with van der Waals surface area (Å²) in [5.41, 5.74) is -1.97. The van der Waals surface area contributed by atoms with Crippen molar-refractivity contribution in [3.8, 4) is 11.5 Å². The summed E-state index contributed by atoms with van der Waals surface area (Å²) in [6.45, 7) is 1.44. The van der Waals surface area contributed by atoms with Crippen molar-refractivity contribution < 1.29 is 27.8 Å². The number of alkyl halides is 3. The van der Waals surface area contributed by atoms with E-state index < -0.39 is 33.0 Å². The van der Waals surface area contributed by atoms with Gasteiger partial charge in [-0.2, -0.15) is 13.2 Å². The smallest absolute Gasteiger partial charge is 0.416 e. The van der Waals surface area contributed by atoms with Gasteiger partial charge in [-0.05, 0) is 31.2 Å². The lowest BCUT2D eigenvalue weighted by Crippen LogP contribution is -2.06. The normalized spacial score (nSPS) is 11.2. The fourth-order valence-electron chi connectivity index (χ4n) is 1.95. The molecule has 0 unspecified atom stereocenters. The van der Waals surface area contributed by atoms with Gasteiger partial charge < -0.3 is 4.74 Å². The van der Waals surface area contributed by atoms with Crippen molar-refractivity contribution in [3.63, 3.8) is 0 Å². The molecule has 0 radical (unpaired) electrons. The Bertz CT molecular complexity index is 821. The number of nitro groups is 2. The molecule has 0 heterocycles. The van der Waals surface area contributed by atoms with E-state index in [1.807, 2.05) is 0 Å². The minimum absolute atomic E-state index is 0.0287. The van der Waals surface area contributed by atoms with Gasteiger partial charge in [0.25, 0.3) is 5.69 Å². The lowest BCUT2D eigenvalue weighted by Gasteiger charge is -2.10. The molecule has 2 rings (SSSR count). The van der Waals surface area contributed by atoms with E-state index >= 15 is 0 Å². The average Bonchev–Trinajstić information content (AvgIpc) is 2.45. The molecule has 2 aromatic rings. The summed E-state index contributed by atoms with van der Waals surface area (Å²) in [4.78, 5) is 20.1. The Morgan fingerprint density at radius 2 is 1.58 bits per heavy atom. The van der Waals surface area contributed by atoms with Gasteiger partial charge in [0, 0.05) is 17.7 Å². The molecule has 126 valence electrons. The largest absolute Gasteiger partial charge is 0.450 e. The van der Waals surface area contributed by atoms with Crippen molar-refractivity contribution in [3.05, 3.63) is 67.8 Å². The van der Waals surface area contributed by atoms with Gasteiger partial charge in [0.1, 0.15) is 5.75 Å². The molecule has 24 heavy (non-hydrogen) atoms. The summed E-state index contributed by atoms with van der Waals surface area (Å²) in [6, 6.07) is 5.46. The second-order valence-electron chi connectivity index (χ2n) is 4.74. The lowest BCUT2D eigenvalue weighted by molar-refractivity contribution is -0.385. The number of benzene rings is 2. The Kier molecular flexibility index (Phi) is 4.40. The van der Waals surface area contributed by atoms with Crippen LogP contribution in [0.1, 0.15) is 11.1 Å². The number of hydrogen-bond donors (Lipinski definition) is 0. The van der Waals surface area contributed by atoms with Crippen LogP contribution in [0.15, 0.2) is 36.4 Å². The summed E-state index contributed by atoms with van der Waals surface area (Å²) < 4.78 is 43.1. The third kappa shape index (κ3) is 3.59. The Morgan fingerprint density at radius 3 is 2.08 bits per heavy atom. The molecule has 7 nitrogen and oxygen atoms in total. The molecule has 0 N–H and O–H groups in total. The third-order valence-electron chi connectivity index (χ3n) is 3.08. The maximum absolute atomic E-state index is 12.6. The van der Waals surface area contributed by atoms with Gasteiger partial charge in [0.05, 0.1) is 15.4 Å². The lowest BCUT2D eigenvalue weighted by atomic mass is 10.1. The summed E-state index contributed by atoms with van der Waals surface area (Å²) in [6.07, 6.45) is -4.73. The quantitative estimate of drug-likeness (QED) is 0.596. The fourth-order valence-corrected chi connectivity index (χ4v) is 1.95. The standard InChI is InChI=1S/C14H9F3N2O5/c1-8-6-10(3-4-11(8)18(20)21)24-13-5-2-9(14(15,16)17)7-12(13)19(22)23/h2-7H,1H3. The van der Waals surface area contributed by atoms with Crippen molar-refractivity contribution in [2.75, 3.05) is 0 Å². The van der Waals surface area contributed by atoms with Crippen molar-refractivity contribution in [2.24, 2.45) is 0 Å². The highest BCUT2D eigenvalue weighted by molar-refractivity contribution is 5.52. The SMILES string of the molecule is Cc1cc(Oc2ccc(C(F)(F)F)cc2[N+](=O)[O-])ccc1[N+](=O)[O-]. The van der Waals surface area contributed by atoms with Gasteiger partial charge in [0.15, 0.2) is 0 Å². The van der Waals surface area contributed by atoms with Crippen LogP contribution in [0.2, 0.25) is 0 Å². The Hall–Kier alpha value is -3.17. The highest BCUT2D eigenvalue weighted by atomic mass is 19.4. The van der Waals surface area contributed by atoms with Crippen molar-refractivity contribution in [2.45, 2.75) is 13.1 Å². The van der Waals surface area contributed by atoms with E-state index in [1.165, 1.54) is 19.1 Å². The monoisotopic (exact) mass is 342 g/mol. The van der Waals surface area contributed by atoms with Gasteiger partial charge in [0.2, 0.25) is 5.75 Å². The van der Waals surface area contributed by atoms with Crippen LogP contribution < -0.4 is 4.74 Å². The maximum atomic E-state index is 12.6. The Morgan fingerprint density at radius 1 is 0.958 bits per heavy atom. The van der Waals surface area contributed by atoms with Crippen LogP contribution in [0.4, 0.5) is 24.5 Å². The van der Waals surface area contributed by atoms with Crippen LogP contribution >= 0.6 is 0 Å². The molecule has 0 spiro atoms. The number of hydrogen-bond acceptors (Lipinski definition) is 5. The number of nitrogens with zero attached hydrogens (tertiary/aromatic N) is 2. The minimum atomic E-state index is -4.73. The van der Waals surface area contributed by atoms with E-state index in [0.29, 0.717) is 12.1 Å². The zero-order chi connectivity index (χ0) is 18.1. The van der Waals surface area contributed by atoms with Gasteiger partial charge in [-0.3, -0.25) is 20.2 Å². The zero-order valence-electron chi connectivity index (χ0n) is 12.0. The first kappa shape index (κ1) is 17.2. The van der Waals surface area contributed by atoms with Crippen molar-refractivity contribution >= 4 is 11.4 Å². The van der Waals surface area contributed by atoms with Crippen LogP contribution in [0.5, 0.6) is 11.5 Å². The Balaban J connectivity index is 2.41. The fraction of sp³-hybridized carbons (Fsp3) is 0.143. The molecule has 0 saturated heterocycles. The van der Waals surface area contributed by atoms with Crippen LogP contribution in [0, 0.1) is 27.2 Å². The molecule has 0 fully saturated rings. The highest BCUT2D eigenvalue weighted by Gasteiger charge is 2.33. The molecule has 10 heteroatoms. The Labute approximate surface area is 132 Å². The van der Waals surface area contributed by atoms with Gasteiger partial charge >= 0.3 is 11.9 Å². The molecule has 0 bridgehead atoms. The van der Waals surface area contributed by atoms with Crippen molar-refractivity contribution in [1.29, 1.82) is 0 Å². The molecule has 0 aliphatic carbocycles. The molecule has 0 atom stereocenters. The first-order chi connectivity index (χ1) is 11.1. The third-order valence-corrected chi connectivity index (χ3v) is 3.08. The van der Waals surface area contributed by atoms with Crippen LogP contribution in [-0.4, -0.2) is 9.85 Å². The van der Waals surface area contributed by atoms with Crippen LogP contribution in [0.3, 0.4) is 0 Å². The number of aryl methyl sites for hydroxylation is 1. The average molecular weight is 342 g/mol. The van der Waals surface area contributed by atoms with Crippen molar-refractivity contribution in [1.82, 2.24) is 0 Å². The number of halogens is 3. The number of ether oxygens (including phenoxy) is 1. The van der Waals surface area contributed by atoms with E-state index in [-0.39, 0.29) is 17.0 Å². The van der Waals surface area contributed by atoms with Crippen LogP contribution in [-0.2, 0) is 6.18 Å². The van der Waals surface area contributed by atoms with E-state index in [9.17, 15) is 33.4 Å². The van der Waals surface area contributed by atoms with Crippen LogP contribution in [0.25, 0.3) is 0 Å². The van der Waals surface area contributed by atoms with Gasteiger partial charge in [-0.25, -0.2) is 0 Å². The topological polar surface area (TPSA) is 95.5 Å². The number of rotatable bonds is 4. The molecular formula is C14H9F3N2O5. The molecule has 0 aromatic heterocycles. The predicted octanol–water partition coefficient (Wildman–Crippen LogP) is 4.62. The van der Waals surface area contributed by atoms with E-state index in [4.69, 9.17) is 4.74 Å². The van der Waals surface area contributed by atoms with Gasteiger partial charge in [-0.1, -0.05) is 0 Å². The van der Waals surface area contributed by atoms with Gasteiger partial charge in [-0.15, -0.1) is 0 Å². The molecule has 0 aliphatic heterocycles. The highest BCUT2D eigenvalue weighted by Crippen LogP contribution is 2.38. The molecule has 0 aliphatic rings. The first-order valence-electron chi connectivity index (χ1n) is 6.38. The second kappa shape index (κ2) is 6.14. The van der Waals surface area contributed by atoms with E-state index in [1.54, 1.807) is 0 Å². The minimum Gasteiger partial charge on any atom is -0.450 e. The summed E-state index contributed by atoms with van der Waals surface area (Å²) in [7, 11) is 0. The molecule has 0 saturated carbocycles. The summed E-state index contributed by atoms with van der Waals surface area (Å²) in [5, 5.41) is 21.7. The molecule has 0 amide bonds. The van der Waals surface area contributed by atoms with E-state index in [0.717, 1.165) is 12.1 Å². The summed E-state index contributed by atoms with van der Waals surface area (Å²) >= 11 is 0. The molecular weight excluding hydrogens is 333 g/mol. The predicted molar refractivity (Wildman–Crippen MR) is 76.0 cm³/mol.